The molecule has 0 fully saturated rings. The van der Waals surface area contributed by atoms with Gasteiger partial charge < -0.3 is 9.67 Å². The molecule has 90 valence electrons. The lowest BCUT2D eigenvalue weighted by atomic mass is 10.1. The Morgan fingerprint density at radius 1 is 1.39 bits per heavy atom. The van der Waals surface area contributed by atoms with Gasteiger partial charge in [0.15, 0.2) is 0 Å². The number of pyridine rings is 1. The molecule has 1 aliphatic rings. The van der Waals surface area contributed by atoms with E-state index in [-0.39, 0.29) is 5.56 Å². The fourth-order valence-corrected chi connectivity index (χ4v) is 2.47. The minimum atomic E-state index is -1.05. The number of carboxylic acid groups (broad SMARTS) is 1. The summed E-state index contributed by atoms with van der Waals surface area (Å²) in [6.45, 7) is 0.670. The smallest absolute Gasteiger partial charge is 0.328 e. The summed E-state index contributed by atoms with van der Waals surface area (Å²) in [5.41, 5.74) is 2.46. The molecule has 0 bridgehead atoms. The van der Waals surface area contributed by atoms with Gasteiger partial charge in [-0.2, -0.15) is 0 Å². The number of rotatable bonds is 2. The second-order valence-corrected chi connectivity index (χ2v) is 4.33. The fourth-order valence-electron chi connectivity index (χ4n) is 2.47. The minimum Gasteiger partial charge on any atom is -0.478 e. The molecule has 2 aromatic rings. The van der Waals surface area contributed by atoms with Crippen LogP contribution < -0.4 is 5.56 Å². The van der Waals surface area contributed by atoms with E-state index < -0.39 is 5.97 Å². The van der Waals surface area contributed by atoms with E-state index in [2.05, 4.69) is 0 Å². The molecule has 4 heteroatoms. The molecule has 0 aliphatic carbocycles. The Morgan fingerprint density at radius 3 is 3.00 bits per heavy atom. The number of hydrogen-bond acceptors (Lipinski definition) is 2. The van der Waals surface area contributed by atoms with Gasteiger partial charge in [0.2, 0.25) is 0 Å². The second kappa shape index (κ2) is 3.84. The highest BCUT2D eigenvalue weighted by Crippen LogP contribution is 2.24. The van der Waals surface area contributed by atoms with Crippen molar-refractivity contribution in [2.45, 2.75) is 13.0 Å². The fraction of sp³-hybridized carbons (Fsp3) is 0.143. The van der Waals surface area contributed by atoms with E-state index in [1.807, 2.05) is 18.2 Å². The first-order valence-electron chi connectivity index (χ1n) is 5.73. The predicted molar refractivity (Wildman–Crippen MR) is 68.6 cm³/mol. The number of aromatic nitrogens is 1. The van der Waals surface area contributed by atoms with Crippen LogP contribution in [0, 0.1) is 0 Å². The third-order valence-electron chi connectivity index (χ3n) is 3.23. The Balaban J connectivity index is 2.30. The number of aliphatic carboxylic acids is 1. The summed E-state index contributed by atoms with van der Waals surface area (Å²) in [6.07, 6.45) is 3.21. The van der Waals surface area contributed by atoms with E-state index in [1.165, 1.54) is 11.6 Å². The maximum absolute atomic E-state index is 12.2. The molecular formula is C14H11NO3. The van der Waals surface area contributed by atoms with Crippen molar-refractivity contribution in [2.24, 2.45) is 0 Å². The number of para-hydroxylation sites is 1. The van der Waals surface area contributed by atoms with E-state index >= 15 is 0 Å². The van der Waals surface area contributed by atoms with Gasteiger partial charge >= 0.3 is 5.97 Å². The quantitative estimate of drug-likeness (QED) is 0.813. The Kier molecular flexibility index (Phi) is 2.30. The third kappa shape index (κ3) is 1.54. The van der Waals surface area contributed by atoms with Gasteiger partial charge in [-0.3, -0.25) is 4.79 Å². The second-order valence-electron chi connectivity index (χ2n) is 4.33. The molecule has 3 rings (SSSR count). The van der Waals surface area contributed by atoms with Gasteiger partial charge in [0.1, 0.15) is 0 Å². The zero-order valence-electron chi connectivity index (χ0n) is 9.59. The molecule has 0 radical (unpaired) electrons. The standard InChI is InChI=1S/C14H11NO3/c16-12(17)5-4-11-8-10-3-1-2-9-6-7-15(13(9)10)14(11)18/h1-5,8H,6-7H2,(H,16,17). The van der Waals surface area contributed by atoms with Crippen LogP contribution in [0.15, 0.2) is 35.1 Å². The van der Waals surface area contributed by atoms with E-state index in [0.29, 0.717) is 12.1 Å². The van der Waals surface area contributed by atoms with E-state index in [4.69, 9.17) is 5.11 Å². The topological polar surface area (TPSA) is 59.3 Å². The van der Waals surface area contributed by atoms with Crippen LogP contribution in [0.5, 0.6) is 0 Å². The molecule has 1 aliphatic heterocycles. The number of carbonyl (C=O) groups is 1. The average Bonchev–Trinajstić information content (AvgIpc) is 2.77. The molecule has 18 heavy (non-hydrogen) atoms. The van der Waals surface area contributed by atoms with Gasteiger partial charge in [-0.25, -0.2) is 4.79 Å². The predicted octanol–water partition coefficient (Wildman–Crippen LogP) is 1.66. The van der Waals surface area contributed by atoms with Gasteiger partial charge in [0.05, 0.1) is 5.52 Å². The Hall–Kier alpha value is -2.36. The molecule has 1 aromatic heterocycles. The highest BCUT2D eigenvalue weighted by Gasteiger charge is 2.16. The van der Waals surface area contributed by atoms with Gasteiger partial charge in [-0.15, -0.1) is 0 Å². The normalized spacial score (nSPS) is 13.6. The number of aryl methyl sites for hydroxylation is 2. The Morgan fingerprint density at radius 2 is 2.22 bits per heavy atom. The monoisotopic (exact) mass is 241 g/mol. The molecule has 0 saturated heterocycles. The van der Waals surface area contributed by atoms with E-state index in [1.54, 1.807) is 10.6 Å². The molecule has 0 amide bonds. The van der Waals surface area contributed by atoms with Crippen molar-refractivity contribution in [2.75, 3.05) is 0 Å². The third-order valence-corrected chi connectivity index (χ3v) is 3.23. The van der Waals surface area contributed by atoms with Crippen molar-refractivity contribution in [3.63, 3.8) is 0 Å². The summed E-state index contributed by atoms with van der Waals surface area (Å²) in [4.78, 5) is 22.7. The van der Waals surface area contributed by atoms with Gasteiger partial charge in [-0.1, -0.05) is 18.2 Å². The van der Waals surface area contributed by atoms with Crippen LogP contribution >= 0.6 is 0 Å². The Labute approximate surface area is 103 Å². The lowest BCUT2D eigenvalue weighted by Gasteiger charge is -2.05. The van der Waals surface area contributed by atoms with E-state index in [0.717, 1.165) is 23.4 Å². The van der Waals surface area contributed by atoms with Crippen molar-refractivity contribution in [1.29, 1.82) is 0 Å². The number of nitrogens with zero attached hydrogens (tertiary/aromatic N) is 1. The molecule has 1 N–H and O–H groups in total. The van der Waals surface area contributed by atoms with Crippen molar-refractivity contribution >= 4 is 22.9 Å². The molecule has 0 saturated carbocycles. The summed E-state index contributed by atoms with van der Waals surface area (Å²) in [6, 6.07) is 7.68. The van der Waals surface area contributed by atoms with Crippen molar-refractivity contribution < 1.29 is 9.90 Å². The van der Waals surface area contributed by atoms with Crippen LogP contribution in [0.4, 0.5) is 0 Å². The number of carboxylic acids is 1. The minimum absolute atomic E-state index is 0.120. The van der Waals surface area contributed by atoms with Crippen LogP contribution in [0.2, 0.25) is 0 Å². The van der Waals surface area contributed by atoms with Crippen LogP contribution in [0.25, 0.3) is 17.0 Å². The lowest BCUT2D eigenvalue weighted by Crippen LogP contribution is -2.20. The molecule has 4 nitrogen and oxygen atoms in total. The maximum Gasteiger partial charge on any atom is 0.328 e. The van der Waals surface area contributed by atoms with Crippen molar-refractivity contribution in [3.05, 3.63) is 51.8 Å². The highest BCUT2D eigenvalue weighted by atomic mass is 16.4. The first-order chi connectivity index (χ1) is 8.66. The molecular weight excluding hydrogens is 230 g/mol. The first-order valence-corrected chi connectivity index (χ1v) is 5.73. The number of benzene rings is 1. The summed E-state index contributed by atoms with van der Waals surface area (Å²) >= 11 is 0. The summed E-state index contributed by atoms with van der Waals surface area (Å²) < 4.78 is 1.73. The van der Waals surface area contributed by atoms with Gasteiger partial charge in [0, 0.05) is 18.2 Å². The molecule has 2 heterocycles. The summed E-state index contributed by atoms with van der Waals surface area (Å²) in [5.74, 6) is -1.05. The summed E-state index contributed by atoms with van der Waals surface area (Å²) in [7, 11) is 0. The van der Waals surface area contributed by atoms with E-state index in [9.17, 15) is 9.59 Å². The molecule has 0 unspecified atom stereocenters. The molecule has 0 atom stereocenters. The molecule has 0 spiro atoms. The lowest BCUT2D eigenvalue weighted by molar-refractivity contribution is -0.131. The number of hydrogen-bond donors (Lipinski definition) is 1. The largest absolute Gasteiger partial charge is 0.478 e. The van der Waals surface area contributed by atoms with Crippen LogP contribution in [-0.2, 0) is 17.8 Å². The summed E-state index contributed by atoms with van der Waals surface area (Å²) in [5, 5.41) is 9.60. The highest BCUT2D eigenvalue weighted by molar-refractivity contribution is 5.88. The molecule has 1 aromatic carbocycles. The van der Waals surface area contributed by atoms with Crippen LogP contribution in [0.1, 0.15) is 11.1 Å². The first kappa shape index (κ1) is 10.8. The van der Waals surface area contributed by atoms with Crippen LogP contribution in [0.3, 0.4) is 0 Å². The van der Waals surface area contributed by atoms with Gasteiger partial charge in [0.25, 0.3) is 5.56 Å². The van der Waals surface area contributed by atoms with Crippen molar-refractivity contribution in [1.82, 2.24) is 4.57 Å². The average molecular weight is 241 g/mol. The van der Waals surface area contributed by atoms with Crippen molar-refractivity contribution in [3.8, 4) is 0 Å². The Bertz CT molecular complexity index is 741. The van der Waals surface area contributed by atoms with Gasteiger partial charge in [-0.05, 0) is 29.5 Å². The SMILES string of the molecule is O=C(O)C=Cc1cc2cccc3c2n(c1=O)CC3. The zero-order valence-corrected chi connectivity index (χ0v) is 9.59. The zero-order chi connectivity index (χ0) is 12.7. The maximum atomic E-state index is 12.2. The van der Waals surface area contributed by atoms with Crippen LogP contribution in [-0.4, -0.2) is 15.6 Å².